The maximum Gasteiger partial charge on any atom is 0.145 e. The van der Waals surface area contributed by atoms with Gasteiger partial charge in [0.2, 0.25) is 0 Å². The van der Waals surface area contributed by atoms with Crippen LogP contribution >= 0.6 is 11.6 Å². The lowest BCUT2D eigenvalue weighted by Gasteiger charge is -2.16. The first-order valence-corrected chi connectivity index (χ1v) is 9.46. The monoisotopic (exact) mass is 371 g/mol. The quantitative estimate of drug-likeness (QED) is 0.387. The second-order valence-corrected chi connectivity index (χ2v) is 7.23. The highest BCUT2D eigenvalue weighted by Crippen LogP contribution is 2.47. The molecule has 0 atom stereocenters. The maximum atomic E-state index is 6.70. The topological polar surface area (TPSA) is 39.2 Å². The third-order valence-electron chi connectivity index (χ3n) is 5.20. The van der Waals surface area contributed by atoms with E-state index in [4.69, 9.17) is 21.8 Å². The summed E-state index contributed by atoms with van der Waals surface area (Å²) in [6, 6.07) is 20.0. The lowest BCUT2D eigenvalue weighted by Crippen LogP contribution is -1.98. The number of fused-ring (bicyclic) bond motifs is 2. The molecular weight excluding hydrogens is 354 g/mol. The number of hydrogen-bond acceptors (Lipinski definition) is 2. The molecule has 0 saturated carbocycles. The van der Waals surface area contributed by atoms with Gasteiger partial charge in [-0.2, -0.15) is 0 Å². The first-order chi connectivity index (χ1) is 13.2. The molecule has 0 saturated heterocycles. The van der Waals surface area contributed by atoms with E-state index >= 15 is 0 Å². The van der Waals surface area contributed by atoms with Crippen LogP contribution in [0.25, 0.3) is 39.5 Å². The maximum absolute atomic E-state index is 6.70. The molecule has 1 aliphatic rings. The summed E-state index contributed by atoms with van der Waals surface area (Å²) >= 11 is 6.70. The number of hydrogen-bond donors (Lipinski definition) is 1. The smallest absolute Gasteiger partial charge is 0.145 e. The second kappa shape index (κ2) is 6.33. The number of halogens is 1. The number of allylic oxidation sites excluding steroid dienone is 1. The van der Waals surface area contributed by atoms with Gasteiger partial charge in [0.15, 0.2) is 0 Å². The molecule has 3 heteroatoms. The number of para-hydroxylation sites is 2. The van der Waals surface area contributed by atoms with Crippen LogP contribution < -0.4 is 5.73 Å². The molecule has 0 aliphatic heterocycles. The largest absolute Gasteiger partial charge is 0.455 e. The number of anilines is 1. The summed E-state index contributed by atoms with van der Waals surface area (Å²) < 4.78 is 6.37. The van der Waals surface area contributed by atoms with Gasteiger partial charge in [-0.15, -0.1) is 0 Å². The van der Waals surface area contributed by atoms with Gasteiger partial charge < -0.3 is 10.2 Å². The predicted molar refractivity (Wildman–Crippen MR) is 114 cm³/mol. The van der Waals surface area contributed by atoms with Crippen molar-refractivity contribution in [2.45, 2.75) is 12.8 Å². The van der Waals surface area contributed by atoms with Gasteiger partial charge in [0.25, 0.3) is 0 Å². The molecule has 4 aromatic rings. The Labute approximate surface area is 162 Å². The Morgan fingerprint density at radius 1 is 0.889 bits per heavy atom. The number of nitrogen functional groups attached to an aromatic ring is 1. The lowest BCUT2D eigenvalue weighted by atomic mass is 9.89. The summed E-state index contributed by atoms with van der Waals surface area (Å²) in [4.78, 5) is 0. The molecule has 0 radical (unpaired) electrons. The summed E-state index contributed by atoms with van der Waals surface area (Å²) in [5.41, 5.74) is 13.2. The summed E-state index contributed by atoms with van der Waals surface area (Å²) in [6.07, 6.45) is 6.42. The van der Waals surface area contributed by atoms with E-state index in [9.17, 15) is 0 Å². The van der Waals surface area contributed by atoms with Crippen LogP contribution in [-0.2, 0) is 6.42 Å². The zero-order valence-corrected chi connectivity index (χ0v) is 15.5. The van der Waals surface area contributed by atoms with E-state index in [1.807, 2.05) is 48.5 Å². The normalized spacial score (nSPS) is 13.1. The van der Waals surface area contributed by atoms with E-state index in [-0.39, 0.29) is 0 Å². The van der Waals surface area contributed by atoms with E-state index in [0.717, 1.165) is 57.5 Å². The zero-order chi connectivity index (χ0) is 18.4. The fraction of sp³-hybridized carbons (Fsp3) is 0.0833. The number of rotatable bonds is 2. The minimum atomic E-state index is 0.690. The van der Waals surface area contributed by atoms with Gasteiger partial charge in [-0.25, -0.2) is 0 Å². The first-order valence-electron chi connectivity index (χ1n) is 9.09. The molecule has 0 fully saturated rings. The summed E-state index contributed by atoms with van der Waals surface area (Å²) in [6.45, 7) is 0. The number of furan rings is 1. The van der Waals surface area contributed by atoms with Crippen LogP contribution in [0.4, 0.5) is 5.69 Å². The molecule has 1 aliphatic carbocycles. The number of nitrogens with two attached hydrogens (primary N) is 1. The van der Waals surface area contributed by atoms with E-state index in [1.165, 1.54) is 5.56 Å². The fourth-order valence-electron chi connectivity index (χ4n) is 3.93. The van der Waals surface area contributed by atoms with E-state index in [0.29, 0.717) is 5.02 Å². The van der Waals surface area contributed by atoms with Crippen LogP contribution in [0.5, 0.6) is 0 Å². The Balaban J connectivity index is 1.91. The Kier molecular flexibility index (Phi) is 3.80. The molecule has 0 unspecified atom stereocenters. The molecule has 0 amide bonds. The Morgan fingerprint density at radius 3 is 2.59 bits per heavy atom. The third kappa shape index (κ3) is 2.56. The second-order valence-electron chi connectivity index (χ2n) is 6.83. The molecule has 1 heterocycles. The van der Waals surface area contributed by atoms with Crippen LogP contribution in [0.2, 0.25) is 5.02 Å². The number of benzene rings is 3. The minimum absolute atomic E-state index is 0.690. The average Bonchev–Trinajstić information content (AvgIpc) is 3.07. The van der Waals surface area contributed by atoms with E-state index < -0.39 is 0 Å². The van der Waals surface area contributed by atoms with Gasteiger partial charge in [-0.1, -0.05) is 66.2 Å². The number of aryl methyl sites for hydroxylation is 1. The third-order valence-corrected chi connectivity index (χ3v) is 5.52. The van der Waals surface area contributed by atoms with Gasteiger partial charge in [0.05, 0.1) is 5.02 Å². The fourth-order valence-corrected chi connectivity index (χ4v) is 4.18. The van der Waals surface area contributed by atoms with E-state index in [1.54, 1.807) is 0 Å². The summed E-state index contributed by atoms with van der Waals surface area (Å²) in [7, 11) is 0. The first kappa shape index (κ1) is 16.2. The van der Waals surface area contributed by atoms with Crippen LogP contribution in [0.15, 0.2) is 71.2 Å². The van der Waals surface area contributed by atoms with Crippen molar-refractivity contribution < 1.29 is 4.42 Å². The van der Waals surface area contributed by atoms with Gasteiger partial charge in [-0.3, -0.25) is 0 Å². The van der Waals surface area contributed by atoms with Crippen molar-refractivity contribution in [2.75, 3.05) is 5.73 Å². The Hall–Kier alpha value is -2.97. The summed E-state index contributed by atoms with van der Waals surface area (Å²) in [5, 5.41) is 1.73. The van der Waals surface area contributed by atoms with Gasteiger partial charge in [-0.05, 0) is 42.2 Å². The zero-order valence-electron chi connectivity index (χ0n) is 14.7. The van der Waals surface area contributed by atoms with Crippen molar-refractivity contribution in [3.8, 4) is 22.5 Å². The highest BCUT2D eigenvalue weighted by molar-refractivity contribution is 6.34. The van der Waals surface area contributed by atoms with Crippen molar-refractivity contribution in [2.24, 2.45) is 0 Å². The Morgan fingerprint density at radius 2 is 1.70 bits per heavy atom. The van der Waals surface area contributed by atoms with Crippen molar-refractivity contribution in [1.29, 1.82) is 0 Å². The standard InChI is InChI=1S/C24H18ClNO/c25-19-14-13-15-7-1-2-8-16(15)23(19)24-22(17-9-3-5-11-20(17)26)18-10-4-6-12-21(18)27-24/h2-6,8-14H,1,7,26H2. The average molecular weight is 372 g/mol. The van der Waals surface area contributed by atoms with Crippen LogP contribution in [-0.4, -0.2) is 0 Å². The highest BCUT2D eigenvalue weighted by Gasteiger charge is 2.24. The molecule has 27 heavy (non-hydrogen) atoms. The highest BCUT2D eigenvalue weighted by atomic mass is 35.5. The molecule has 1 aromatic heterocycles. The summed E-state index contributed by atoms with van der Waals surface area (Å²) in [5.74, 6) is 0.780. The molecule has 0 bridgehead atoms. The molecule has 2 nitrogen and oxygen atoms in total. The van der Waals surface area contributed by atoms with Crippen molar-refractivity contribution in [1.82, 2.24) is 0 Å². The van der Waals surface area contributed by atoms with Crippen molar-refractivity contribution >= 4 is 34.3 Å². The van der Waals surface area contributed by atoms with Crippen LogP contribution in [0, 0.1) is 0 Å². The molecular formula is C24H18ClNO. The van der Waals surface area contributed by atoms with E-state index in [2.05, 4.69) is 24.3 Å². The SMILES string of the molecule is Nc1ccccc1-c1c(-c2c(Cl)ccc3c2C=CCC3)oc2ccccc12. The predicted octanol–water partition coefficient (Wildman–Crippen LogP) is 6.96. The van der Waals surface area contributed by atoms with Crippen LogP contribution in [0.1, 0.15) is 17.5 Å². The molecule has 5 rings (SSSR count). The van der Waals surface area contributed by atoms with Gasteiger partial charge in [0, 0.05) is 27.8 Å². The molecule has 3 aromatic carbocycles. The van der Waals surface area contributed by atoms with Crippen molar-refractivity contribution in [3.05, 3.63) is 82.9 Å². The molecule has 0 spiro atoms. The van der Waals surface area contributed by atoms with Gasteiger partial charge >= 0.3 is 0 Å². The van der Waals surface area contributed by atoms with Gasteiger partial charge in [0.1, 0.15) is 11.3 Å². The molecule has 2 N–H and O–H groups in total. The Bertz CT molecular complexity index is 1200. The molecule has 132 valence electrons. The minimum Gasteiger partial charge on any atom is -0.455 e. The lowest BCUT2D eigenvalue weighted by molar-refractivity contribution is 0.632. The van der Waals surface area contributed by atoms with Crippen LogP contribution in [0.3, 0.4) is 0 Å². The van der Waals surface area contributed by atoms with Crippen molar-refractivity contribution in [3.63, 3.8) is 0 Å².